The van der Waals surface area contributed by atoms with Crippen LogP contribution in [0, 0.1) is 17.1 Å². The highest BCUT2D eigenvalue weighted by Crippen LogP contribution is 2.34. The zero-order valence-corrected chi connectivity index (χ0v) is 9.42. The number of hydrogen-bond acceptors (Lipinski definition) is 4. The standard InChI is InChI=1S/C12H6FN3O3/c13-7-1-2-8-11(6(7)3-14)19-4-9-10(12(17)18)15-5-16(8)9/h1-2,5H,4H2,(H,17,18). The van der Waals surface area contributed by atoms with Gasteiger partial charge in [-0.3, -0.25) is 4.57 Å². The van der Waals surface area contributed by atoms with Crippen molar-refractivity contribution in [3.63, 3.8) is 0 Å². The van der Waals surface area contributed by atoms with Crippen LogP contribution in [0.4, 0.5) is 4.39 Å². The molecule has 1 aliphatic heterocycles. The second-order valence-corrected chi connectivity index (χ2v) is 3.89. The summed E-state index contributed by atoms with van der Waals surface area (Å²) in [6.45, 7) is -0.0766. The van der Waals surface area contributed by atoms with Gasteiger partial charge in [0.25, 0.3) is 0 Å². The van der Waals surface area contributed by atoms with Crippen LogP contribution in [0.3, 0.4) is 0 Å². The molecule has 0 saturated heterocycles. The number of rotatable bonds is 1. The molecule has 19 heavy (non-hydrogen) atoms. The van der Waals surface area contributed by atoms with Crippen molar-refractivity contribution in [1.82, 2.24) is 9.55 Å². The van der Waals surface area contributed by atoms with Crippen LogP contribution >= 0.6 is 0 Å². The van der Waals surface area contributed by atoms with Crippen LogP contribution < -0.4 is 4.74 Å². The summed E-state index contributed by atoms with van der Waals surface area (Å²) in [6, 6.07) is 4.29. The van der Waals surface area contributed by atoms with Gasteiger partial charge in [-0.2, -0.15) is 5.26 Å². The van der Waals surface area contributed by atoms with Crippen molar-refractivity contribution in [1.29, 1.82) is 5.26 Å². The van der Waals surface area contributed by atoms with Crippen LogP contribution in [0.5, 0.6) is 5.75 Å². The lowest BCUT2D eigenvalue weighted by molar-refractivity contribution is 0.0687. The average molecular weight is 259 g/mol. The van der Waals surface area contributed by atoms with Crippen LogP contribution in [-0.4, -0.2) is 20.6 Å². The third kappa shape index (κ3) is 1.47. The molecule has 0 spiro atoms. The van der Waals surface area contributed by atoms with Crippen molar-refractivity contribution in [2.45, 2.75) is 6.61 Å². The number of carbonyl (C=O) groups is 1. The van der Waals surface area contributed by atoms with Crippen molar-refractivity contribution >= 4 is 5.97 Å². The van der Waals surface area contributed by atoms with Gasteiger partial charge in [0.1, 0.15) is 30.4 Å². The van der Waals surface area contributed by atoms with Crippen LogP contribution in [0.25, 0.3) is 5.69 Å². The SMILES string of the molecule is N#Cc1c(F)ccc2c1OCc1c(C(=O)O)ncn1-2. The highest BCUT2D eigenvalue weighted by atomic mass is 19.1. The number of hydrogen-bond donors (Lipinski definition) is 1. The van der Waals surface area contributed by atoms with Gasteiger partial charge in [0.05, 0.1) is 11.4 Å². The molecule has 2 aromatic rings. The van der Waals surface area contributed by atoms with Gasteiger partial charge < -0.3 is 9.84 Å². The number of imidazole rings is 1. The van der Waals surface area contributed by atoms with E-state index >= 15 is 0 Å². The molecule has 2 heterocycles. The van der Waals surface area contributed by atoms with Crippen LogP contribution in [-0.2, 0) is 6.61 Å². The molecule has 1 aliphatic rings. The van der Waals surface area contributed by atoms with E-state index in [1.54, 1.807) is 6.07 Å². The Hall–Kier alpha value is -2.88. The number of fused-ring (bicyclic) bond motifs is 3. The lowest BCUT2D eigenvalue weighted by atomic mass is 10.1. The molecule has 0 aliphatic carbocycles. The number of benzene rings is 1. The highest BCUT2D eigenvalue weighted by molar-refractivity contribution is 5.87. The fourth-order valence-corrected chi connectivity index (χ4v) is 2.03. The maximum absolute atomic E-state index is 13.5. The largest absolute Gasteiger partial charge is 0.484 e. The molecule has 0 bridgehead atoms. The van der Waals surface area contributed by atoms with E-state index in [9.17, 15) is 9.18 Å². The first kappa shape index (κ1) is 11.2. The summed E-state index contributed by atoms with van der Waals surface area (Å²) in [6.07, 6.45) is 1.32. The summed E-state index contributed by atoms with van der Waals surface area (Å²) in [4.78, 5) is 14.8. The topological polar surface area (TPSA) is 88.1 Å². The number of carboxylic acids is 1. The molecule has 7 heteroatoms. The number of halogens is 1. The van der Waals surface area contributed by atoms with Gasteiger partial charge in [0.15, 0.2) is 11.4 Å². The van der Waals surface area contributed by atoms with E-state index in [-0.39, 0.29) is 23.6 Å². The molecular weight excluding hydrogens is 253 g/mol. The van der Waals surface area contributed by atoms with Crippen molar-refractivity contribution in [3.8, 4) is 17.5 Å². The van der Waals surface area contributed by atoms with E-state index in [0.29, 0.717) is 11.4 Å². The molecule has 0 unspecified atom stereocenters. The van der Waals surface area contributed by atoms with Gasteiger partial charge in [0, 0.05) is 0 Å². The lowest BCUT2D eigenvalue weighted by Gasteiger charge is -2.21. The molecule has 94 valence electrons. The number of aromatic nitrogens is 2. The Morgan fingerprint density at radius 2 is 2.37 bits per heavy atom. The molecular formula is C12H6FN3O3. The number of nitriles is 1. The third-order valence-electron chi connectivity index (χ3n) is 2.88. The van der Waals surface area contributed by atoms with Crippen LogP contribution in [0.1, 0.15) is 21.7 Å². The van der Waals surface area contributed by atoms with Gasteiger partial charge in [0.2, 0.25) is 0 Å². The number of aromatic carboxylic acids is 1. The van der Waals surface area contributed by atoms with E-state index in [1.165, 1.54) is 17.0 Å². The molecule has 0 radical (unpaired) electrons. The van der Waals surface area contributed by atoms with Crippen LogP contribution in [0.2, 0.25) is 0 Å². The van der Waals surface area contributed by atoms with Gasteiger partial charge in [-0.25, -0.2) is 14.2 Å². The predicted molar refractivity (Wildman–Crippen MR) is 59.5 cm³/mol. The summed E-state index contributed by atoms with van der Waals surface area (Å²) in [5.41, 5.74) is 0.442. The highest BCUT2D eigenvalue weighted by Gasteiger charge is 2.27. The molecule has 6 nitrogen and oxygen atoms in total. The normalized spacial score (nSPS) is 12.0. The Morgan fingerprint density at radius 1 is 1.58 bits per heavy atom. The third-order valence-corrected chi connectivity index (χ3v) is 2.88. The van der Waals surface area contributed by atoms with Gasteiger partial charge in [-0.05, 0) is 12.1 Å². The van der Waals surface area contributed by atoms with E-state index in [0.717, 1.165) is 6.07 Å². The first-order valence-electron chi connectivity index (χ1n) is 5.28. The number of nitrogens with zero attached hydrogens (tertiary/aromatic N) is 3. The van der Waals surface area contributed by atoms with E-state index < -0.39 is 11.8 Å². The number of ether oxygens (including phenoxy) is 1. The first-order chi connectivity index (χ1) is 9.13. The zero-order chi connectivity index (χ0) is 13.6. The van der Waals surface area contributed by atoms with E-state index in [4.69, 9.17) is 15.1 Å². The zero-order valence-electron chi connectivity index (χ0n) is 9.42. The summed E-state index contributed by atoms with van der Waals surface area (Å²) in [7, 11) is 0. The lowest BCUT2D eigenvalue weighted by Crippen LogP contribution is -2.16. The second-order valence-electron chi connectivity index (χ2n) is 3.89. The van der Waals surface area contributed by atoms with Crippen molar-refractivity contribution in [3.05, 3.63) is 41.2 Å². The molecule has 1 aromatic carbocycles. The Bertz CT molecular complexity index is 745. The minimum absolute atomic E-state index is 0.0766. The minimum Gasteiger partial charge on any atom is -0.484 e. The predicted octanol–water partition coefficient (Wildman–Crippen LogP) is 1.47. The minimum atomic E-state index is -1.16. The molecule has 0 atom stereocenters. The fraction of sp³-hybridized carbons (Fsp3) is 0.0833. The monoisotopic (exact) mass is 259 g/mol. The Morgan fingerprint density at radius 3 is 3.05 bits per heavy atom. The molecule has 0 fully saturated rings. The molecule has 0 amide bonds. The summed E-state index contributed by atoms with van der Waals surface area (Å²) in [5.74, 6) is -1.74. The molecule has 3 rings (SSSR count). The average Bonchev–Trinajstić information content (AvgIpc) is 2.82. The number of carboxylic acid groups (broad SMARTS) is 1. The first-order valence-corrected chi connectivity index (χ1v) is 5.28. The summed E-state index contributed by atoms with van der Waals surface area (Å²) < 4.78 is 20.3. The van der Waals surface area contributed by atoms with Gasteiger partial charge >= 0.3 is 5.97 Å². The molecule has 0 saturated carbocycles. The smallest absolute Gasteiger partial charge is 0.356 e. The van der Waals surface area contributed by atoms with E-state index in [1.807, 2.05) is 0 Å². The maximum Gasteiger partial charge on any atom is 0.356 e. The van der Waals surface area contributed by atoms with Crippen molar-refractivity contribution in [2.24, 2.45) is 0 Å². The summed E-state index contributed by atoms with van der Waals surface area (Å²) >= 11 is 0. The van der Waals surface area contributed by atoms with Crippen molar-refractivity contribution in [2.75, 3.05) is 0 Å². The Labute approximate surface area is 106 Å². The van der Waals surface area contributed by atoms with Crippen molar-refractivity contribution < 1.29 is 19.0 Å². The Kier molecular flexibility index (Phi) is 2.25. The maximum atomic E-state index is 13.5. The van der Waals surface area contributed by atoms with Crippen LogP contribution in [0.15, 0.2) is 18.5 Å². The second kappa shape index (κ2) is 3.81. The quantitative estimate of drug-likeness (QED) is 0.837. The van der Waals surface area contributed by atoms with Gasteiger partial charge in [-0.1, -0.05) is 0 Å². The Balaban J connectivity index is 2.27. The van der Waals surface area contributed by atoms with E-state index in [2.05, 4.69) is 4.98 Å². The summed E-state index contributed by atoms with van der Waals surface area (Å²) in [5, 5.41) is 17.9. The molecule has 1 N–H and O–H groups in total. The van der Waals surface area contributed by atoms with Gasteiger partial charge in [-0.15, -0.1) is 0 Å². The molecule has 1 aromatic heterocycles. The fourth-order valence-electron chi connectivity index (χ4n) is 2.03.